The Labute approximate surface area is 133 Å². The van der Waals surface area contributed by atoms with Crippen molar-refractivity contribution in [3.05, 3.63) is 0 Å². The van der Waals surface area contributed by atoms with Gasteiger partial charge in [-0.05, 0) is 37.5 Å². The second-order valence-electron chi connectivity index (χ2n) is 6.61. The van der Waals surface area contributed by atoms with Crippen LogP contribution in [0.25, 0.3) is 0 Å². The Morgan fingerprint density at radius 3 is 2.22 bits per heavy atom. The SMILES string of the molecule is O=C(NCC1CCCCC1)[C@@H]1C[C@H]2C[C@H]2N1.O=C(O)C(F)(F)F. The summed E-state index contributed by atoms with van der Waals surface area (Å²) in [5.41, 5.74) is 0. The molecule has 3 N–H and O–H groups in total. The fourth-order valence-corrected chi connectivity index (χ4v) is 3.28. The van der Waals surface area contributed by atoms with Crippen molar-refractivity contribution in [2.75, 3.05) is 6.54 Å². The van der Waals surface area contributed by atoms with Gasteiger partial charge in [0.05, 0.1) is 6.04 Å². The van der Waals surface area contributed by atoms with Gasteiger partial charge in [0.1, 0.15) is 0 Å². The second kappa shape index (κ2) is 7.51. The minimum absolute atomic E-state index is 0.118. The third-order valence-corrected chi connectivity index (χ3v) is 4.73. The van der Waals surface area contributed by atoms with Gasteiger partial charge in [-0.25, -0.2) is 4.79 Å². The van der Waals surface area contributed by atoms with E-state index in [9.17, 15) is 18.0 Å². The van der Waals surface area contributed by atoms with Crippen LogP contribution in [0.4, 0.5) is 13.2 Å². The van der Waals surface area contributed by atoms with Gasteiger partial charge in [0.15, 0.2) is 0 Å². The molecule has 2 saturated carbocycles. The predicted octanol–water partition coefficient (Wildman–Crippen LogP) is 2.07. The molecule has 1 amide bonds. The number of carbonyl (C=O) groups is 2. The molecule has 1 heterocycles. The monoisotopic (exact) mass is 336 g/mol. The Morgan fingerprint density at radius 2 is 1.74 bits per heavy atom. The second-order valence-corrected chi connectivity index (χ2v) is 6.61. The first-order valence-electron chi connectivity index (χ1n) is 8.11. The molecule has 8 heteroatoms. The number of hydrogen-bond donors (Lipinski definition) is 3. The molecule has 0 aromatic rings. The standard InChI is InChI=1S/C13H22N2O.C2HF3O2/c16-13(12-7-10-6-11(10)15-12)14-8-9-4-2-1-3-5-9;3-2(4,5)1(6)7/h9-12,15H,1-8H2,(H,14,16);(H,6,7)/t10-,11-,12+;/m1./s1. The van der Waals surface area contributed by atoms with Crippen molar-refractivity contribution >= 4 is 11.9 Å². The number of nitrogens with one attached hydrogen (secondary N) is 2. The van der Waals surface area contributed by atoms with Crippen LogP contribution in [0.5, 0.6) is 0 Å². The van der Waals surface area contributed by atoms with Crippen molar-refractivity contribution in [1.29, 1.82) is 0 Å². The number of amides is 1. The van der Waals surface area contributed by atoms with E-state index in [0.29, 0.717) is 6.04 Å². The van der Waals surface area contributed by atoms with Crippen LogP contribution in [-0.2, 0) is 9.59 Å². The van der Waals surface area contributed by atoms with Crippen LogP contribution in [0.15, 0.2) is 0 Å². The van der Waals surface area contributed by atoms with Gasteiger partial charge in [-0.3, -0.25) is 4.79 Å². The van der Waals surface area contributed by atoms with Crippen LogP contribution in [0.1, 0.15) is 44.9 Å². The first-order valence-corrected chi connectivity index (χ1v) is 8.11. The fourth-order valence-electron chi connectivity index (χ4n) is 3.28. The first-order chi connectivity index (χ1) is 10.8. The van der Waals surface area contributed by atoms with Crippen molar-refractivity contribution in [3.8, 4) is 0 Å². The summed E-state index contributed by atoms with van der Waals surface area (Å²) >= 11 is 0. The van der Waals surface area contributed by atoms with Crippen LogP contribution < -0.4 is 10.6 Å². The van der Waals surface area contributed by atoms with Crippen LogP contribution in [0, 0.1) is 11.8 Å². The Balaban J connectivity index is 0.000000236. The lowest BCUT2D eigenvalue weighted by Crippen LogP contribution is -2.43. The van der Waals surface area contributed by atoms with E-state index in [1.807, 2.05) is 0 Å². The van der Waals surface area contributed by atoms with E-state index < -0.39 is 12.1 Å². The molecule has 3 fully saturated rings. The van der Waals surface area contributed by atoms with Gasteiger partial charge < -0.3 is 15.7 Å². The van der Waals surface area contributed by atoms with E-state index in [1.54, 1.807) is 0 Å². The molecular weight excluding hydrogens is 313 g/mol. The molecule has 23 heavy (non-hydrogen) atoms. The van der Waals surface area contributed by atoms with Crippen LogP contribution in [0.3, 0.4) is 0 Å². The number of halogens is 3. The largest absolute Gasteiger partial charge is 0.490 e. The summed E-state index contributed by atoms with van der Waals surface area (Å²) in [6.45, 7) is 0.909. The summed E-state index contributed by atoms with van der Waals surface area (Å²) in [5.74, 6) is -0.954. The summed E-state index contributed by atoms with van der Waals surface area (Å²) < 4.78 is 31.7. The number of alkyl halides is 3. The van der Waals surface area contributed by atoms with Gasteiger partial charge in [0.25, 0.3) is 0 Å². The highest BCUT2D eigenvalue weighted by molar-refractivity contribution is 5.82. The molecule has 1 saturated heterocycles. The number of carboxylic acids is 1. The molecule has 0 unspecified atom stereocenters. The molecule has 132 valence electrons. The minimum Gasteiger partial charge on any atom is -0.475 e. The molecule has 3 atom stereocenters. The zero-order valence-electron chi connectivity index (χ0n) is 12.9. The summed E-state index contributed by atoms with van der Waals surface area (Å²) in [7, 11) is 0. The molecular formula is C15H23F3N2O3. The normalized spacial score (nSPS) is 30.0. The third kappa shape index (κ3) is 5.67. The van der Waals surface area contributed by atoms with E-state index >= 15 is 0 Å². The van der Waals surface area contributed by atoms with E-state index in [2.05, 4.69) is 10.6 Å². The average Bonchev–Trinajstić information content (AvgIpc) is 3.11. The Kier molecular flexibility index (Phi) is 5.89. The van der Waals surface area contributed by atoms with Crippen LogP contribution in [-0.4, -0.2) is 41.8 Å². The number of fused-ring (bicyclic) bond motifs is 1. The molecule has 5 nitrogen and oxygen atoms in total. The highest BCUT2D eigenvalue weighted by Crippen LogP contribution is 2.40. The van der Waals surface area contributed by atoms with Crippen molar-refractivity contribution in [2.45, 2.75) is 63.2 Å². The molecule has 2 aliphatic carbocycles. The van der Waals surface area contributed by atoms with Gasteiger partial charge in [-0.2, -0.15) is 13.2 Å². The lowest BCUT2D eigenvalue weighted by atomic mass is 9.89. The molecule has 0 spiro atoms. The lowest BCUT2D eigenvalue weighted by molar-refractivity contribution is -0.192. The highest BCUT2D eigenvalue weighted by atomic mass is 19.4. The van der Waals surface area contributed by atoms with E-state index in [4.69, 9.17) is 9.90 Å². The number of aliphatic carboxylic acids is 1. The molecule has 3 rings (SSSR count). The number of carbonyl (C=O) groups excluding carboxylic acids is 1. The van der Waals surface area contributed by atoms with Gasteiger partial charge in [0.2, 0.25) is 5.91 Å². The van der Waals surface area contributed by atoms with E-state index in [-0.39, 0.29) is 11.9 Å². The Bertz CT molecular complexity index is 426. The quantitative estimate of drug-likeness (QED) is 0.737. The molecule has 0 bridgehead atoms. The highest BCUT2D eigenvalue weighted by Gasteiger charge is 2.47. The maximum Gasteiger partial charge on any atom is 0.490 e. The number of carboxylic acid groups (broad SMARTS) is 1. The van der Waals surface area contributed by atoms with Gasteiger partial charge >= 0.3 is 12.1 Å². The zero-order valence-corrected chi connectivity index (χ0v) is 12.9. The molecule has 1 aliphatic heterocycles. The van der Waals surface area contributed by atoms with Gasteiger partial charge in [0, 0.05) is 12.6 Å². The molecule has 0 radical (unpaired) electrons. The van der Waals surface area contributed by atoms with Crippen molar-refractivity contribution < 1.29 is 27.9 Å². The van der Waals surface area contributed by atoms with Crippen molar-refractivity contribution in [3.63, 3.8) is 0 Å². The average molecular weight is 336 g/mol. The molecule has 0 aromatic heterocycles. The van der Waals surface area contributed by atoms with E-state index in [0.717, 1.165) is 24.8 Å². The Hall–Kier alpha value is -1.31. The maximum absolute atomic E-state index is 11.9. The number of hydrogen-bond acceptors (Lipinski definition) is 3. The topological polar surface area (TPSA) is 78.4 Å². The molecule has 0 aromatic carbocycles. The summed E-state index contributed by atoms with van der Waals surface area (Å²) in [6.07, 6.45) is 4.00. The van der Waals surface area contributed by atoms with Crippen molar-refractivity contribution in [2.24, 2.45) is 11.8 Å². The van der Waals surface area contributed by atoms with Crippen molar-refractivity contribution in [1.82, 2.24) is 10.6 Å². The first kappa shape index (κ1) is 18.0. The zero-order chi connectivity index (χ0) is 17.0. The number of piperidine rings is 1. The summed E-state index contributed by atoms with van der Waals surface area (Å²) in [4.78, 5) is 20.8. The lowest BCUT2D eigenvalue weighted by Gasteiger charge is -2.23. The fraction of sp³-hybridized carbons (Fsp3) is 0.867. The van der Waals surface area contributed by atoms with Gasteiger partial charge in [-0.1, -0.05) is 19.3 Å². The van der Waals surface area contributed by atoms with Gasteiger partial charge in [-0.15, -0.1) is 0 Å². The number of rotatable bonds is 3. The van der Waals surface area contributed by atoms with Crippen LogP contribution in [0.2, 0.25) is 0 Å². The summed E-state index contributed by atoms with van der Waals surface area (Å²) in [6, 6.07) is 0.790. The van der Waals surface area contributed by atoms with Crippen LogP contribution >= 0.6 is 0 Å². The maximum atomic E-state index is 11.9. The molecule has 3 aliphatic rings. The minimum atomic E-state index is -5.08. The Morgan fingerprint density at radius 1 is 1.13 bits per heavy atom. The third-order valence-electron chi connectivity index (χ3n) is 4.73. The smallest absolute Gasteiger partial charge is 0.475 e. The van der Waals surface area contributed by atoms with E-state index in [1.165, 1.54) is 38.5 Å². The predicted molar refractivity (Wildman–Crippen MR) is 76.7 cm³/mol. The summed E-state index contributed by atoms with van der Waals surface area (Å²) in [5, 5.41) is 13.7.